The molecule has 0 saturated carbocycles. The molecule has 0 aliphatic rings. The average Bonchev–Trinajstić information content (AvgIpc) is 2.65. The van der Waals surface area contributed by atoms with Gasteiger partial charge in [-0.1, -0.05) is 75.4 Å². The molecular formula is C25H26O2. The van der Waals surface area contributed by atoms with Gasteiger partial charge in [-0.2, -0.15) is 0 Å². The fourth-order valence-electron chi connectivity index (χ4n) is 3.40. The van der Waals surface area contributed by atoms with E-state index in [-0.39, 0.29) is 11.4 Å². The van der Waals surface area contributed by atoms with Crippen molar-refractivity contribution in [3.63, 3.8) is 0 Å². The molecule has 0 aromatic heterocycles. The van der Waals surface area contributed by atoms with Gasteiger partial charge in [0, 0.05) is 6.08 Å². The normalized spacial score (nSPS) is 11.9. The minimum absolute atomic E-state index is 0.00647. The van der Waals surface area contributed by atoms with Crippen LogP contribution in [0.5, 0.6) is 0 Å². The molecule has 0 bridgehead atoms. The minimum Gasteiger partial charge on any atom is -0.463 e. The van der Waals surface area contributed by atoms with Gasteiger partial charge in [-0.25, -0.2) is 4.79 Å². The standard InChI is InChI=1S/C25H26O2/c1-5-27-24(26)16-15-20-19-13-9-10-14-21(19)23(25(2,3)4)17-22(20)18-11-7-6-8-12-18/h6-17H,5H2,1-4H3/b16-15+. The highest BCUT2D eigenvalue weighted by Gasteiger charge is 2.20. The zero-order valence-electron chi connectivity index (χ0n) is 16.5. The quantitative estimate of drug-likeness (QED) is 0.399. The molecular weight excluding hydrogens is 332 g/mol. The molecule has 0 fully saturated rings. The second kappa shape index (κ2) is 7.79. The highest BCUT2D eigenvalue weighted by Crippen LogP contribution is 2.38. The highest BCUT2D eigenvalue weighted by molar-refractivity contribution is 6.02. The monoisotopic (exact) mass is 358 g/mol. The van der Waals surface area contributed by atoms with Gasteiger partial charge in [-0.15, -0.1) is 0 Å². The molecule has 0 radical (unpaired) electrons. The van der Waals surface area contributed by atoms with Crippen LogP contribution in [0.1, 0.15) is 38.8 Å². The van der Waals surface area contributed by atoms with Crippen LogP contribution in [-0.2, 0) is 14.9 Å². The second-order valence-electron chi connectivity index (χ2n) is 7.63. The van der Waals surface area contributed by atoms with E-state index in [1.807, 2.05) is 37.3 Å². The van der Waals surface area contributed by atoms with Crippen LogP contribution in [0.2, 0.25) is 0 Å². The number of hydrogen-bond donors (Lipinski definition) is 0. The Balaban J connectivity index is 2.32. The van der Waals surface area contributed by atoms with Crippen LogP contribution in [0.25, 0.3) is 28.0 Å². The van der Waals surface area contributed by atoms with Gasteiger partial charge in [0.2, 0.25) is 0 Å². The summed E-state index contributed by atoms with van der Waals surface area (Å²) in [5, 5.41) is 2.36. The van der Waals surface area contributed by atoms with Crippen LogP contribution in [0, 0.1) is 0 Å². The molecule has 0 N–H and O–H groups in total. The number of benzene rings is 3. The van der Waals surface area contributed by atoms with Crippen molar-refractivity contribution in [3.8, 4) is 11.1 Å². The Labute approximate surface area is 161 Å². The molecule has 3 aromatic rings. The maximum atomic E-state index is 11.9. The van der Waals surface area contributed by atoms with Crippen LogP contribution in [0.15, 0.2) is 66.7 Å². The lowest BCUT2D eigenvalue weighted by Gasteiger charge is -2.24. The number of fused-ring (bicyclic) bond motifs is 1. The molecule has 3 rings (SSSR count). The summed E-state index contributed by atoms with van der Waals surface area (Å²) in [6.07, 6.45) is 3.41. The Morgan fingerprint density at radius 3 is 2.22 bits per heavy atom. The zero-order valence-corrected chi connectivity index (χ0v) is 16.5. The maximum absolute atomic E-state index is 11.9. The smallest absolute Gasteiger partial charge is 0.330 e. The lowest BCUT2D eigenvalue weighted by Crippen LogP contribution is -2.12. The third kappa shape index (κ3) is 4.11. The van der Waals surface area contributed by atoms with Gasteiger partial charge in [-0.05, 0) is 57.5 Å². The largest absolute Gasteiger partial charge is 0.463 e. The first-order valence-corrected chi connectivity index (χ1v) is 9.38. The SMILES string of the molecule is CCOC(=O)/C=C/c1c(-c2ccccc2)cc(C(C)(C)C)c2ccccc12. The van der Waals surface area contributed by atoms with Crippen LogP contribution >= 0.6 is 0 Å². The first-order valence-electron chi connectivity index (χ1n) is 9.38. The molecule has 0 atom stereocenters. The van der Waals surface area contributed by atoms with E-state index in [1.165, 1.54) is 17.0 Å². The first kappa shape index (κ1) is 18.9. The van der Waals surface area contributed by atoms with Crippen LogP contribution < -0.4 is 0 Å². The summed E-state index contributed by atoms with van der Waals surface area (Å²) >= 11 is 0. The number of esters is 1. The predicted molar refractivity (Wildman–Crippen MR) is 114 cm³/mol. The lowest BCUT2D eigenvalue weighted by molar-refractivity contribution is -0.137. The van der Waals surface area contributed by atoms with E-state index in [2.05, 4.69) is 57.2 Å². The molecule has 138 valence electrons. The van der Waals surface area contributed by atoms with Crippen molar-refractivity contribution in [3.05, 3.63) is 77.9 Å². The third-order valence-corrected chi connectivity index (χ3v) is 4.65. The molecule has 3 aromatic carbocycles. The Morgan fingerprint density at radius 2 is 1.59 bits per heavy atom. The van der Waals surface area contributed by atoms with E-state index in [0.29, 0.717) is 6.61 Å². The fraction of sp³-hybridized carbons (Fsp3) is 0.240. The van der Waals surface area contributed by atoms with Crippen molar-refractivity contribution < 1.29 is 9.53 Å². The number of ether oxygens (including phenoxy) is 1. The molecule has 0 aliphatic heterocycles. The summed E-state index contributed by atoms with van der Waals surface area (Å²) in [7, 11) is 0. The van der Waals surface area contributed by atoms with E-state index < -0.39 is 0 Å². The van der Waals surface area contributed by atoms with Crippen LogP contribution in [0.3, 0.4) is 0 Å². The Bertz CT molecular complexity index is 976. The molecule has 0 unspecified atom stereocenters. The minimum atomic E-state index is -0.319. The van der Waals surface area contributed by atoms with Crippen molar-refractivity contribution in [1.29, 1.82) is 0 Å². The maximum Gasteiger partial charge on any atom is 0.330 e. The topological polar surface area (TPSA) is 26.3 Å². The average molecular weight is 358 g/mol. The van der Waals surface area contributed by atoms with Gasteiger partial charge in [0.05, 0.1) is 6.61 Å². The molecule has 27 heavy (non-hydrogen) atoms. The van der Waals surface area contributed by atoms with Crippen LogP contribution in [0.4, 0.5) is 0 Å². The van der Waals surface area contributed by atoms with E-state index >= 15 is 0 Å². The molecule has 0 heterocycles. The fourth-order valence-corrected chi connectivity index (χ4v) is 3.40. The van der Waals surface area contributed by atoms with Gasteiger partial charge in [0.1, 0.15) is 0 Å². The lowest BCUT2D eigenvalue weighted by atomic mass is 9.80. The Morgan fingerprint density at radius 1 is 0.963 bits per heavy atom. The summed E-state index contributed by atoms with van der Waals surface area (Å²) in [6.45, 7) is 8.89. The first-order chi connectivity index (χ1) is 12.9. The third-order valence-electron chi connectivity index (χ3n) is 4.65. The van der Waals surface area contributed by atoms with Crippen molar-refractivity contribution in [2.75, 3.05) is 6.61 Å². The summed E-state index contributed by atoms with van der Waals surface area (Å²) in [6, 6.07) is 21.0. The van der Waals surface area contributed by atoms with E-state index in [9.17, 15) is 4.79 Å². The van der Waals surface area contributed by atoms with E-state index in [1.54, 1.807) is 0 Å². The van der Waals surface area contributed by atoms with Crippen molar-refractivity contribution in [2.45, 2.75) is 33.1 Å². The van der Waals surface area contributed by atoms with Crippen molar-refractivity contribution in [2.24, 2.45) is 0 Å². The van der Waals surface area contributed by atoms with Crippen molar-refractivity contribution in [1.82, 2.24) is 0 Å². The van der Waals surface area contributed by atoms with E-state index in [4.69, 9.17) is 4.74 Å². The van der Waals surface area contributed by atoms with E-state index in [0.717, 1.165) is 22.1 Å². The molecule has 0 spiro atoms. The molecule has 2 heteroatoms. The number of rotatable bonds is 4. The van der Waals surface area contributed by atoms with Gasteiger partial charge < -0.3 is 4.74 Å². The molecule has 0 amide bonds. The summed E-state index contributed by atoms with van der Waals surface area (Å²) in [4.78, 5) is 11.9. The summed E-state index contributed by atoms with van der Waals surface area (Å²) in [5.74, 6) is -0.319. The van der Waals surface area contributed by atoms with Gasteiger partial charge in [-0.3, -0.25) is 0 Å². The second-order valence-corrected chi connectivity index (χ2v) is 7.63. The predicted octanol–water partition coefficient (Wildman–Crippen LogP) is 6.38. The van der Waals surface area contributed by atoms with Gasteiger partial charge >= 0.3 is 5.97 Å². The number of carbonyl (C=O) groups excluding carboxylic acids is 1. The summed E-state index contributed by atoms with van der Waals surface area (Å²) in [5.41, 5.74) is 4.60. The number of carbonyl (C=O) groups is 1. The van der Waals surface area contributed by atoms with Gasteiger partial charge in [0.15, 0.2) is 0 Å². The summed E-state index contributed by atoms with van der Waals surface area (Å²) < 4.78 is 5.07. The Kier molecular flexibility index (Phi) is 5.46. The van der Waals surface area contributed by atoms with Crippen LogP contribution in [-0.4, -0.2) is 12.6 Å². The molecule has 2 nitrogen and oxygen atoms in total. The Hall–Kier alpha value is -2.87. The molecule has 0 aliphatic carbocycles. The van der Waals surface area contributed by atoms with Gasteiger partial charge in [0.25, 0.3) is 0 Å². The highest BCUT2D eigenvalue weighted by atomic mass is 16.5. The number of hydrogen-bond acceptors (Lipinski definition) is 2. The van der Waals surface area contributed by atoms with Crippen molar-refractivity contribution >= 4 is 22.8 Å². The molecule has 0 saturated heterocycles. The zero-order chi connectivity index (χ0) is 19.4.